The largest absolute Gasteiger partial charge is 0.478 e. The summed E-state index contributed by atoms with van der Waals surface area (Å²) in [6.07, 6.45) is 0. The Hall–Kier alpha value is -1.69. The first-order valence-electron chi connectivity index (χ1n) is 6.22. The molecule has 0 saturated heterocycles. The summed E-state index contributed by atoms with van der Waals surface area (Å²) < 4.78 is 11.5. The van der Waals surface area contributed by atoms with Crippen LogP contribution in [-0.4, -0.2) is 38.2 Å². The standard InChI is InChI=1S/C14H19NO4S/c1-14(2,3)20(19)8-7-15-12(16)10-5-4-6-11(9-10)13(17)18/h4-6,9H,7-8H2,1-3H3,(H,15,16)(H,17,18). The molecule has 20 heavy (non-hydrogen) atoms. The lowest BCUT2D eigenvalue weighted by atomic mass is 10.1. The van der Waals surface area contributed by atoms with Gasteiger partial charge in [0.15, 0.2) is 0 Å². The van der Waals surface area contributed by atoms with Crippen molar-refractivity contribution in [3.05, 3.63) is 35.4 Å². The van der Waals surface area contributed by atoms with Gasteiger partial charge in [-0.05, 0) is 39.0 Å². The van der Waals surface area contributed by atoms with Crippen molar-refractivity contribution in [1.82, 2.24) is 5.32 Å². The molecule has 0 aromatic heterocycles. The fourth-order valence-electron chi connectivity index (χ4n) is 1.46. The number of carboxylic acids is 1. The molecule has 0 saturated carbocycles. The third-order valence-corrected chi connectivity index (χ3v) is 4.57. The molecular weight excluding hydrogens is 278 g/mol. The van der Waals surface area contributed by atoms with E-state index < -0.39 is 16.8 Å². The molecule has 1 aromatic carbocycles. The van der Waals surface area contributed by atoms with Crippen LogP contribution in [0, 0.1) is 0 Å². The van der Waals surface area contributed by atoms with Gasteiger partial charge in [-0.25, -0.2) is 4.79 Å². The Kier molecular flexibility index (Phi) is 5.44. The third-order valence-electron chi connectivity index (χ3n) is 2.63. The highest BCUT2D eigenvalue weighted by molar-refractivity contribution is 7.86. The van der Waals surface area contributed by atoms with Crippen LogP contribution in [0.1, 0.15) is 41.5 Å². The summed E-state index contributed by atoms with van der Waals surface area (Å²) in [6, 6.07) is 5.81. The lowest BCUT2D eigenvalue weighted by Crippen LogP contribution is -2.32. The van der Waals surface area contributed by atoms with Gasteiger partial charge in [-0.3, -0.25) is 9.00 Å². The molecule has 5 nitrogen and oxygen atoms in total. The van der Waals surface area contributed by atoms with Crippen molar-refractivity contribution in [3.8, 4) is 0 Å². The zero-order valence-electron chi connectivity index (χ0n) is 11.8. The van der Waals surface area contributed by atoms with E-state index in [0.29, 0.717) is 12.3 Å². The third kappa shape index (κ3) is 4.77. The average molecular weight is 297 g/mol. The molecule has 0 aliphatic carbocycles. The van der Waals surface area contributed by atoms with Gasteiger partial charge in [0.25, 0.3) is 5.91 Å². The second-order valence-electron chi connectivity index (χ2n) is 5.30. The number of carbonyl (C=O) groups is 2. The van der Waals surface area contributed by atoms with E-state index in [2.05, 4.69) is 5.32 Å². The smallest absolute Gasteiger partial charge is 0.335 e. The number of carbonyl (C=O) groups excluding carboxylic acids is 1. The Balaban J connectivity index is 2.58. The number of aromatic carboxylic acids is 1. The van der Waals surface area contributed by atoms with E-state index in [4.69, 9.17) is 5.11 Å². The Morgan fingerprint density at radius 3 is 2.40 bits per heavy atom. The van der Waals surface area contributed by atoms with Gasteiger partial charge >= 0.3 is 5.97 Å². The number of carboxylic acid groups (broad SMARTS) is 1. The first-order valence-corrected chi connectivity index (χ1v) is 7.54. The van der Waals surface area contributed by atoms with Gasteiger partial charge in [0, 0.05) is 33.4 Å². The highest BCUT2D eigenvalue weighted by Crippen LogP contribution is 2.10. The Bertz CT molecular complexity index is 534. The van der Waals surface area contributed by atoms with Crippen LogP contribution >= 0.6 is 0 Å². The van der Waals surface area contributed by atoms with Crippen LogP contribution in [0.4, 0.5) is 0 Å². The fraction of sp³-hybridized carbons (Fsp3) is 0.429. The van der Waals surface area contributed by atoms with E-state index in [1.807, 2.05) is 20.8 Å². The molecule has 0 fully saturated rings. The number of rotatable bonds is 5. The van der Waals surface area contributed by atoms with Crippen LogP contribution in [-0.2, 0) is 10.8 Å². The zero-order valence-corrected chi connectivity index (χ0v) is 12.6. The fourth-order valence-corrected chi connectivity index (χ4v) is 2.36. The van der Waals surface area contributed by atoms with Crippen LogP contribution in [0.25, 0.3) is 0 Å². The van der Waals surface area contributed by atoms with Crippen molar-refractivity contribution in [3.63, 3.8) is 0 Å². The molecule has 0 spiro atoms. The average Bonchev–Trinajstić information content (AvgIpc) is 2.37. The van der Waals surface area contributed by atoms with Crippen LogP contribution in [0.2, 0.25) is 0 Å². The molecule has 110 valence electrons. The summed E-state index contributed by atoms with van der Waals surface area (Å²) in [5, 5.41) is 11.5. The number of hydrogen-bond acceptors (Lipinski definition) is 3. The van der Waals surface area contributed by atoms with Crippen LogP contribution < -0.4 is 5.32 Å². The second-order valence-corrected chi connectivity index (χ2v) is 7.63. The van der Waals surface area contributed by atoms with Crippen molar-refractivity contribution in [2.75, 3.05) is 12.3 Å². The van der Waals surface area contributed by atoms with Crippen molar-refractivity contribution >= 4 is 22.7 Å². The normalized spacial score (nSPS) is 12.8. The maximum absolute atomic E-state index is 11.8. The molecular formula is C14H19NO4S. The monoisotopic (exact) mass is 297 g/mol. The van der Waals surface area contributed by atoms with E-state index in [1.165, 1.54) is 18.2 Å². The molecule has 1 aromatic rings. The van der Waals surface area contributed by atoms with E-state index in [-0.39, 0.29) is 21.8 Å². The number of nitrogens with one attached hydrogen (secondary N) is 1. The van der Waals surface area contributed by atoms with E-state index >= 15 is 0 Å². The Labute approximate surface area is 120 Å². The molecule has 1 rings (SSSR count). The summed E-state index contributed by atoms with van der Waals surface area (Å²) in [4.78, 5) is 22.7. The molecule has 1 amide bonds. The molecule has 0 aliphatic heterocycles. The predicted molar refractivity (Wildman–Crippen MR) is 78.5 cm³/mol. The quantitative estimate of drug-likeness (QED) is 0.866. The molecule has 1 atom stereocenters. The highest BCUT2D eigenvalue weighted by atomic mass is 32.2. The van der Waals surface area contributed by atoms with Crippen molar-refractivity contribution < 1.29 is 18.9 Å². The van der Waals surface area contributed by atoms with Gasteiger partial charge in [-0.2, -0.15) is 0 Å². The summed E-state index contributed by atoms with van der Waals surface area (Å²) in [7, 11) is -1.03. The minimum absolute atomic E-state index is 0.0657. The Morgan fingerprint density at radius 1 is 1.25 bits per heavy atom. The SMILES string of the molecule is CC(C)(C)S(=O)CCNC(=O)c1cccc(C(=O)O)c1. The van der Waals surface area contributed by atoms with Gasteiger partial charge < -0.3 is 10.4 Å². The lowest BCUT2D eigenvalue weighted by Gasteiger charge is -2.17. The maximum atomic E-state index is 11.8. The first-order chi connectivity index (χ1) is 9.21. The summed E-state index contributed by atoms with van der Waals surface area (Å²) in [5.74, 6) is -1.07. The predicted octanol–water partition coefficient (Wildman–Crippen LogP) is 1.66. The van der Waals surface area contributed by atoms with Crippen LogP contribution in [0.3, 0.4) is 0 Å². The summed E-state index contributed by atoms with van der Waals surface area (Å²) in [6.45, 7) is 5.92. The van der Waals surface area contributed by atoms with E-state index in [9.17, 15) is 13.8 Å². The van der Waals surface area contributed by atoms with Crippen LogP contribution in [0.15, 0.2) is 24.3 Å². The maximum Gasteiger partial charge on any atom is 0.335 e. The van der Waals surface area contributed by atoms with E-state index in [1.54, 1.807) is 6.07 Å². The van der Waals surface area contributed by atoms with Crippen molar-refractivity contribution in [2.45, 2.75) is 25.5 Å². The van der Waals surface area contributed by atoms with Gasteiger partial charge in [0.1, 0.15) is 0 Å². The summed E-state index contributed by atoms with van der Waals surface area (Å²) >= 11 is 0. The van der Waals surface area contributed by atoms with Gasteiger partial charge in [-0.1, -0.05) is 6.07 Å². The number of hydrogen-bond donors (Lipinski definition) is 2. The van der Waals surface area contributed by atoms with Crippen molar-refractivity contribution in [2.24, 2.45) is 0 Å². The topological polar surface area (TPSA) is 83.5 Å². The molecule has 1 unspecified atom stereocenters. The van der Waals surface area contributed by atoms with E-state index in [0.717, 1.165) is 0 Å². The molecule has 0 heterocycles. The number of amides is 1. The highest BCUT2D eigenvalue weighted by Gasteiger charge is 2.19. The molecule has 0 aliphatic rings. The molecule has 6 heteroatoms. The molecule has 2 N–H and O–H groups in total. The zero-order chi connectivity index (χ0) is 15.3. The Morgan fingerprint density at radius 2 is 1.85 bits per heavy atom. The minimum Gasteiger partial charge on any atom is -0.478 e. The van der Waals surface area contributed by atoms with Gasteiger partial charge in [-0.15, -0.1) is 0 Å². The lowest BCUT2D eigenvalue weighted by molar-refractivity contribution is 0.0697. The van der Waals surface area contributed by atoms with Gasteiger partial charge in [0.2, 0.25) is 0 Å². The van der Waals surface area contributed by atoms with Crippen molar-refractivity contribution in [1.29, 1.82) is 0 Å². The first kappa shape index (κ1) is 16.4. The minimum atomic E-state index is -1.08. The van der Waals surface area contributed by atoms with Gasteiger partial charge in [0.05, 0.1) is 5.56 Å². The van der Waals surface area contributed by atoms with Crippen LogP contribution in [0.5, 0.6) is 0 Å². The molecule has 0 radical (unpaired) electrons. The second kappa shape index (κ2) is 6.65. The number of benzene rings is 1. The summed E-state index contributed by atoms with van der Waals surface area (Å²) in [5.41, 5.74) is 0.349. The molecule has 0 bridgehead atoms.